The summed E-state index contributed by atoms with van der Waals surface area (Å²) in [5.41, 5.74) is 1.63. The van der Waals surface area contributed by atoms with Crippen molar-refractivity contribution in [3.8, 4) is 11.5 Å². The topological polar surface area (TPSA) is 78.7 Å². The molecule has 0 N–H and O–H groups in total. The number of carbonyl (C=O) groups excluding carboxylic acids is 1. The smallest absolute Gasteiger partial charge is 0.311 e. The van der Waals surface area contributed by atoms with Crippen LogP contribution in [-0.2, 0) is 14.3 Å². The number of hydrogen-bond acceptors (Lipinski definition) is 7. The minimum atomic E-state index is -0.225. The minimum Gasteiger partial charge on any atom is -0.494 e. The van der Waals surface area contributed by atoms with Crippen LogP contribution in [0.2, 0.25) is 0 Å². The average Bonchev–Trinajstić information content (AvgIpc) is 2.87. The molecule has 0 bridgehead atoms. The van der Waals surface area contributed by atoms with E-state index in [-0.39, 0.29) is 11.4 Å². The third kappa shape index (κ3) is 10.5. The van der Waals surface area contributed by atoms with Gasteiger partial charge in [-0.15, -0.1) is 0 Å². The fourth-order valence-corrected chi connectivity index (χ4v) is 3.71. The molecule has 7 nitrogen and oxygen atoms in total. The van der Waals surface area contributed by atoms with Crippen LogP contribution in [0.3, 0.4) is 0 Å². The van der Waals surface area contributed by atoms with Crippen molar-refractivity contribution in [2.45, 2.75) is 65.2 Å². The number of benzene rings is 2. The maximum absolute atomic E-state index is 12.1. The van der Waals surface area contributed by atoms with Gasteiger partial charge in [0.15, 0.2) is 0 Å². The monoisotopic (exact) mass is 496 g/mol. The van der Waals surface area contributed by atoms with Crippen molar-refractivity contribution in [2.75, 3.05) is 33.0 Å². The van der Waals surface area contributed by atoms with Crippen molar-refractivity contribution in [3.63, 3.8) is 0 Å². The molecule has 1 fully saturated rings. The Bertz CT molecular complexity index is 924. The molecule has 1 aliphatic heterocycles. The zero-order valence-electron chi connectivity index (χ0n) is 21.7. The summed E-state index contributed by atoms with van der Waals surface area (Å²) in [6.07, 6.45) is 7.81. The average molecular weight is 497 g/mol. The van der Waals surface area contributed by atoms with Gasteiger partial charge in [0, 0.05) is 18.4 Å². The molecule has 0 amide bonds. The highest BCUT2D eigenvalue weighted by molar-refractivity contribution is 5.72. The lowest BCUT2D eigenvalue weighted by Crippen LogP contribution is -2.43. The molecule has 0 unspecified atom stereocenters. The number of carbonyl (C=O) groups is 1. The maximum Gasteiger partial charge on any atom is 0.311 e. The zero-order chi connectivity index (χ0) is 25.5. The molecule has 2 aromatic rings. The highest BCUT2D eigenvalue weighted by atomic mass is 16.5. The molecule has 1 heterocycles. The number of rotatable bonds is 17. The summed E-state index contributed by atoms with van der Waals surface area (Å²) in [6, 6.07) is 14.6. The number of esters is 1. The van der Waals surface area contributed by atoms with E-state index in [2.05, 4.69) is 24.1 Å². The number of unbranched alkanes of at least 4 members (excludes halogenated alkanes) is 5. The Labute approximate surface area is 215 Å². The first kappa shape index (κ1) is 27.8. The van der Waals surface area contributed by atoms with Gasteiger partial charge in [0.25, 0.3) is 0 Å². The molecule has 1 aliphatic rings. The Balaban J connectivity index is 1.28. The molecule has 3 rings (SSSR count). The molecular formula is C29H40N2O5. The first-order chi connectivity index (χ1) is 17.6. The molecule has 1 saturated heterocycles. The minimum absolute atomic E-state index is 0.189. The van der Waals surface area contributed by atoms with Crippen LogP contribution in [0.5, 0.6) is 11.5 Å². The zero-order valence-corrected chi connectivity index (χ0v) is 21.7. The molecule has 0 atom stereocenters. The maximum atomic E-state index is 12.1. The van der Waals surface area contributed by atoms with Crippen LogP contribution >= 0.6 is 0 Å². The first-order valence-electron chi connectivity index (χ1n) is 13.2. The quantitative estimate of drug-likeness (QED) is 0.0976. The summed E-state index contributed by atoms with van der Waals surface area (Å²) in [5, 5.41) is 8.52. The summed E-state index contributed by atoms with van der Waals surface area (Å²) in [4.78, 5) is 12.1. The molecule has 36 heavy (non-hydrogen) atoms. The van der Waals surface area contributed by atoms with E-state index in [9.17, 15) is 4.79 Å². The molecule has 0 aliphatic carbocycles. The number of ether oxygens (including phenoxy) is 4. The van der Waals surface area contributed by atoms with Crippen molar-refractivity contribution in [1.82, 2.24) is 0 Å². The van der Waals surface area contributed by atoms with Gasteiger partial charge in [-0.1, -0.05) is 39.5 Å². The van der Waals surface area contributed by atoms with E-state index in [4.69, 9.17) is 18.9 Å². The Kier molecular flexibility index (Phi) is 11.9. The number of hydrogen-bond donors (Lipinski definition) is 0. The van der Waals surface area contributed by atoms with Crippen molar-refractivity contribution >= 4 is 17.3 Å². The first-order valence-corrected chi connectivity index (χ1v) is 13.2. The lowest BCUT2D eigenvalue weighted by molar-refractivity contribution is -0.138. The lowest BCUT2D eigenvalue weighted by atomic mass is 9.90. The fourth-order valence-electron chi connectivity index (χ4n) is 3.71. The predicted octanol–water partition coefficient (Wildman–Crippen LogP) is 7.58. The second-order valence-electron chi connectivity index (χ2n) is 9.74. The van der Waals surface area contributed by atoms with E-state index >= 15 is 0 Å². The normalized spacial score (nSPS) is 14.5. The largest absolute Gasteiger partial charge is 0.494 e. The van der Waals surface area contributed by atoms with Crippen molar-refractivity contribution in [3.05, 3.63) is 48.5 Å². The van der Waals surface area contributed by atoms with Gasteiger partial charge in [0.1, 0.15) is 11.5 Å². The van der Waals surface area contributed by atoms with Gasteiger partial charge >= 0.3 is 5.97 Å². The van der Waals surface area contributed by atoms with E-state index < -0.39 is 0 Å². The van der Waals surface area contributed by atoms with Crippen LogP contribution in [0.1, 0.15) is 65.2 Å². The Morgan fingerprint density at radius 2 is 1.44 bits per heavy atom. The van der Waals surface area contributed by atoms with Gasteiger partial charge < -0.3 is 18.9 Å². The summed E-state index contributed by atoms with van der Waals surface area (Å²) in [7, 11) is 0. The Morgan fingerprint density at radius 1 is 0.833 bits per heavy atom. The summed E-state index contributed by atoms with van der Waals surface area (Å²) in [6.45, 7) is 8.14. The van der Waals surface area contributed by atoms with Crippen molar-refractivity contribution in [2.24, 2.45) is 15.6 Å². The van der Waals surface area contributed by atoms with E-state index in [1.807, 2.05) is 24.3 Å². The van der Waals surface area contributed by atoms with Gasteiger partial charge in [0.2, 0.25) is 0 Å². The summed E-state index contributed by atoms with van der Waals surface area (Å²) < 4.78 is 22.1. The van der Waals surface area contributed by atoms with Crippen LogP contribution in [0.25, 0.3) is 0 Å². The van der Waals surface area contributed by atoms with E-state index in [1.165, 1.54) is 19.3 Å². The Hall–Kier alpha value is -2.77. The molecule has 0 saturated carbocycles. The van der Waals surface area contributed by atoms with Crippen molar-refractivity contribution < 1.29 is 23.7 Å². The SMILES string of the molecule is CCCCCCOc1ccc(N=Nc2ccc(OC(=O)CCCCCOCC3(C)COC3)cc2)cc1. The van der Waals surface area contributed by atoms with Gasteiger partial charge in [-0.2, -0.15) is 10.2 Å². The predicted molar refractivity (Wildman–Crippen MR) is 141 cm³/mol. The van der Waals surface area contributed by atoms with Gasteiger partial charge in [-0.05, 0) is 67.8 Å². The fraction of sp³-hybridized carbons (Fsp3) is 0.552. The van der Waals surface area contributed by atoms with Gasteiger partial charge in [-0.25, -0.2) is 0 Å². The van der Waals surface area contributed by atoms with Gasteiger partial charge in [0.05, 0.1) is 37.8 Å². The molecule has 0 radical (unpaired) electrons. The summed E-state index contributed by atoms with van der Waals surface area (Å²) >= 11 is 0. The van der Waals surface area contributed by atoms with Gasteiger partial charge in [-0.3, -0.25) is 4.79 Å². The van der Waals surface area contributed by atoms with Crippen molar-refractivity contribution in [1.29, 1.82) is 0 Å². The molecule has 2 aromatic carbocycles. The van der Waals surface area contributed by atoms with Crippen LogP contribution in [0.4, 0.5) is 11.4 Å². The van der Waals surface area contributed by atoms with E-state index in [0.717, 1.165) is 70.2 Å². The highest BCUT2D eigenvalue weighted by Gasteiger charge is 2.33. The number of azo groups is 1. The summed E-state index contributed by atoms with van der Waals surface area (Å²) in [5.74, 6) is 1.13. The highest BCUT2D eigenvalue weighted by Crippen LogP contribution is 2.27. The molecule has 7 heteroatoms. The Morgan fingerprint density at radius 3 is 2.06 bits per heavy atom. The molecule has 0 aromatic heterocycles. The van der Waals surface area contributed by atoms with Crippen LogP contribution in [-0.4, -0.2) is 39.0 Å². The molecular weight excluding hydrogens is 456 g/mol. The van der Waals surface area contributed by atoms with Crippen LogP contribution in [0.15, 0.2) is 58.8 Å². The van der Waals surface area contributed by atoms with E-state index in [0.29, 0.717) is 17.9 Å². The third-order valence-electron chi connectivity index (χ3n) is 5.97. The lowest BCUT2D eigenvalue weighted by Gasteiger charge is -2.37. The molecule has 196 valence electrons. The second kappa shape index (κ2) is 15.4. The van der Waals surface area contributed by atoms with Crippen LogP contribution < -0.4 is 9.47 Å². The number of nitrogens with zero attached hydrogens (tertiary/aromatic N) is 2. The third-order valence-corrected chi connectivity index (χ3v) is 5.97. The van der Waals surface area contributed by atoms with Crippen LogP contribution in [0, 0.1) is 5.41 Å². The van der Waals surface area contributed by atoms with E-state index in [1.54, 1.807) is 24.3 Å². The molecule has 0 spiro atoms. The second-order valence-corrected chi connectivity index (χ2v) is 9.74. The standard InChI is InChI=1S/C29H40N2O5/c1-3-4-5-9-20-35-26-15-11-24(12-16-26)30-31-25-13-17-27(18-14-25)36-28(32)10-7-6-8-19-33-21-29(2)22-34-23-29/h11-18H,3-10,19-23H2,1-2H3.